The lowest BCUT2D eigenvalue weighted by atomic mass is 10.1. The number of hydrogen-bond donors (Lipinski definition) is 0. The van der Waals surface area contributed by atoms with Crippen LogP contribution in [-0.2, 0) is 9.53 Å². The Labute approximate surface area is 146 Å². The van der Waals surface area contributed by atoms with E-state index in [1.807, 2.05) is 30.0 Å². The molecule has 0 bridgehead atoms. The third-order valence-electron chi connectivity index (χ3n) is 4.70. The van der Waals surface area contributed by atoms with Crippen LogP contribution in [0.4, 0.5) is 0 Å². The summed E-state index contributed by atoms with van der Waals surface area (Å²) >= 11 is 0. The highest BCUT2D eigenvalue weighted by molar-refractivity contribution is 5.78. The van der Waals surface area contributed by atoms with Gasteiger partial charge in [0.25, 0.3) is 0 Å². The molecule has 2 fully saturated rings. The normalized spacial score (nSPS) is 20.6. The number of rotatable bonds is 5. The van der Waals surface area contributed by atoms with Crippen molar-refractivity contribution in [2.24, 2.45) is 5.92 Å². The van der Waals surface area contributed by atoms with Gasteiger partial charge in [-0.25, -0.2) is 0 Å². The second-order valence-corrected chi connectivity index (χ2v) is 6.62. The third-order valence-corrected chi connectivity index (χ3v) is 4.70. The van der Waals surface area contributed by atoms with Crippen LogP contribution >= 0.6 is 0 Å². The molecule has 2 aliphatic rings. The van der Waals surface area contributed by atoms with Gasteiger partial charge >= 0.3 is 0 Å². The number of nitrogens with zero attached hydrogens (tertiary/aromatic N) is 3. The molecule has 0 radical (unpaired) electrons. The van der Waals surface area contributed by atoms with Gasteiger partial charge in [0, 0.05) is 30.7 Å². The van der Waals surface area contributed by atoms with Gasteiger partial charge in [-0.05, 0) is 43.9 Å². The molecular formula is C19H21N3O3. The van der Waals surface area contributed by atoms with E-state index in [4.69, 9.17) is 9.47 Å². The van der Waals surface area contributed by atoms with Crippen LogP contribution in [0.3, 0.4) is 0 Å². The zero-order valence-corrected chi connectivity index (χ0v) is 14.2. The summed E-state index contributed by atoms with van der Waals surface area (Å²) in [5.74, 6) is 2.05. The Balaban J connectivity index is 1.64. The van der Waals surface area contributed by atoms with Crippen LogP contribution in [-0.4, -0.2) is 40.5 Å². The second kappa shape index (κ2) is 6.80. The lowest BCUT2D eigenvalue weighted by Gasteiger charge is -2.36. The molecule has 0 aromatic carbocycles. The summed E-state index contributed by atoms with van der Waals surface area (Å²) in [5.41, 5.74) is 1.69. The molecule has 25 heavy (non-hydrogen) atoms. The van der Waals surface area contributed by atoms with Crippen molar-refractivity contribution in [3.8, 4) is 11.5 Å². The first-order valence-corrected chi connectivity index (χ1v) is 8.63. The van der Waals surface area contributed by atoms with Gasteiger partial charge in [-0.2, -0.15) is 0 Å². The minimum Gasteiger partial charge on any atom is -0.455 e. The Morgan fingerprint density at radius 3 is 2.96 bits per heavy atom. The zero-order valence-electron chi connectivity index (χ0n) is 14.2. The number of morpholine rings is 1. The summed E-state index contributed by atoms with van der Waals surface area (Å²) in [5, 5.41) is 0. The number of pyridine rings is 2. The van der Waals surface area contributed by atoms with Crippen LogP contribution in [0.15, 0.2) is 36.8 Å². The number of hydrogen-bond acceptors (Lipinski definition) is 5. The Kier molecular flexibility index (Phi) is 4.36. The lowest BCUT2D eigenvalue weighted by molar-refractivity contribution is -0.148. The smallest absolute Gasteiger partial charge is 0.249 e. The van der Waals surface area contributed by atoms with Crippen LogP contribution in [0.5, 0.6) is 11.5 Å². The van der Waals surface area contributed by atoms with Gasteiger partial charge < -0.3 is 14.4 Å². The molecule has 1 aliphatic heterocycles. The summed E-state index contributed by atoms with van der Waals surface area (Å²) in [6.07, 6.45) is 7.60. The molecule has 1 saturated carbocycles. The summed E-state index contributed by atoms with van der Waals surface area (Å²) in [4.78, 5) is 22.8. The molecular weight excluding hydrogens is 318 g/mol. The molecule has 3 heterocycles. The molecule has 1 saturated heterocycles. The highest BCUT2D eigenvalue weighted by Crippen LogP contribution is 2.37. The molecule has 6 heteroatoms. The monoisotopic (exact) mass is 339 g/mol. The second-order valence-electron chi connectivity index (χ2n) is 6.62. The first-order valence-electron chi connectivity index (χ1n) is 8.63. The van der Waals surface area contributed by atoms with E-state index in [0.717, 1.165) is 17.8 Å². The Morgan fingerprint density at radius 2 is 2.16 bits per heavy atom. The maximum atomic E-state index is 12.4. The fourth-order valence-corrected chi connectivity index (χ4v) is 3.10. The fraction of sp³-hybridized carbons (Fsp3) is 0.421. The van der Waals surface area contributed by atoms with Crippen molar-refractivity contribution in [2.75, 3.05) is 19.8 Å². The molecule has 0 spiro atoms. The molecule has 1 unspecified atom stereocenters. The SMILES string of the molecule is Cc1ncccc1Oc1ccncc1C1COCC(=O)N1CC1CC1. The number of carbonyl (C=O) groups is 1. The van der Waals surface area contributed by atoms with Gasteiger partial charge in [-0.1, -0.05) is 0 Å². The average molecular weight is 339 g/mol. The van der Waals surface area contributed by atoms with Gasteiger partial charge in [0.1, 0.15) is 18.1 Å². The van der Waals surface area contributed by atoms with Crippen LogP contribution < -0.4 is 4.74 Å². The topological polar surface area (TPSA) is 64.6 Å². The summed E-state index contributed by atoms with van der Waals surface area (Å²) in [6.45, 7) is 3.31. The van der Waals surface area contributed by atoms with Crippen molar-refractivity contribution >= 4 is 5.91 Å². The highest BCUT2D eigenvalue weighted by Gasteiger charge is 2.36. The van der Waals surface area contributed by atoms with Crippen molar-refractivity contribution in [3.05, 3.63) is 48.0 Å². The van der Waals surface area contributed by atoms with Crippen LogP contribution in [0.1, 0.15) is 30.1 Å². The fourth-order valence-electron chi connectivity index (χ4n) is 3.10. The van der Waals surface area contributed by atoms with E-state index in [0.29, 0.717) is 24.0 Å². The highest BCUT2D eigenvalue weighted by atomic mass is 16.5. The number of amides is 1. The molecule has 2 aromatic rings. The maximum absolute atomic E-state index is 12.4. The van der Waals surface area contributed by atoms with Crippen LogP contribution in [0, 0.1) is 12.8 Å². The van der Waals surface area contributed by atoms with E-state index < -0.39 is 0 Å². The first kappa shape index (κ1) is 16.0. The van der Waals surface area contributed by atoms with Crippen molar-refractivity contribution in [3.63, 3.8) is 0 Å². The zero-order chi connectivity index (χ0) is 17.2. The predicted octanol–water partition coefficient (Wildman–Crippen LogP) is 2.89. The van der Waals surface area contributed by atoms with Gasteiger partial charge in [0.15, 0.2) is 0 Å². The standard InChI is InChI=1S/C19H21N3O3/c1-13-17(3-2-7-21-13)25-18-6-8-20-9-15(18)16-11-24-12-19(23)22(16)10-14-4-5-14/h2-3,6-9,14,16H,4-5,10-12H2,1H3. The minimum atomic E-state index is -0.164. The van der Waals surface area contributed by atoms with E-state index in [9.17, 15) is 4.79 Å². The van der Waals surface area contributed by atoms with Crippen molar-refractivity contribution < 1.29 is 14.3 Å². The van der Waals surface area contributed by atoms with Crippen LogP contribution in [0.2, 0.25) is 0 Å². The van der Waals surface area contributed by atoms with E-state index in [-0.39, 0.29) is 18.6 Å². The van der Waals surface area contributed by atoms with Crippen molar-refractivity contribution in [1.82, 2.24) is 14.9 Å². The lowest BCUT2D eigenvalue weighted by Crippen LogP contribution is -2.45. The molecule has 6 nitrogen and oxygen atoms in total. The number of ether oxygens (including phenoxy) is 2. The number of carbonyl (C=O) groups excluding carboxylic acids is 1. The van der Waals surface area contributed by atoms with Gasteiger partial charge in [-0.3, -0.25) is 14.8 Å². The predicted molar refractivity (Wildman–Crippen MR) is 91.3 cm³/mol. The Morgan fingerprint density at radius 1 is 1.28 bits per heavy atom. The van der Waals surface area contributed by atoms with E-state index >= 15 is 0 Å². The molecule has 4 rings (SSSR count). The quantitative estimate of drug-likeness (QED) is 0.838. The van der Waals surface area contributed by atoms with Crippen molar-refractivity contribution in [2.45, 2.75) is 25.8 Å². The average Bonchev–Trinajstić information content (AvgIpc) is 3.44. The third kappa shape index (κ3) is 3.49. The number of aryl methyl sites for hydroxylation is 1. The Bertz CT molecular complexity index is 776. The van der Waals surface area contributed by atoms with Crippen LogP contribution in [0.25, 0.3) is 0 Å². The molecule has 2 aromatic heterocycles. The van der Waals surface area contributed by atoms with E-state index in [1.54, 1.807) is 18.6 Å². The largest absolute Gasteiger partial charge is 0.455 e. The summed E-state index contributed by atoms with van der Waals surface area (Å²) < 4.78 is 11.6. The van der Waals surface area contributed by atoms with E-state index in [2.05, 4.69) is 9.97 Å². The summed E-state index contributed by atoms with van der Waals surface area (Å²) in [7, 11) is 0. The molecule has 1 amide bonds. The molecule has 130 valence electrons. The molecule has 1 atom stereocenters. The summed E-state index contributed by atoms with van der Waals surface area (Å²) in [6, 6.07) is 5.39. The number of aromatic nitrogens is 2. The van der Waals surface area contributed by atoms with Gasteiger partial charge in [0.2, 0.25) is 5.91 Å². The molecule has 0 N–H and O–H groups in total. The first-order chi connectivity index (χ1) is 12.2. The molecule has 1 aliphatic carbocycles. The maximum Gasteiger partial charge on any atom is 0.249 e. The van der Waals surface area contributed by atoms with Gasteiger partial charge in [0.05, 0.1) is 18.3 Å². The van der Waals surface area contributed by atoms with Gasteiger partial charge in [-0.15, -0.1) is 0 Å². The minimum absolute atomic E-state index is 0.0375. The van der Waals surface area contributed by atoms with Crippen molar-refractivity contribution in [1.29, 1.82) is 0 Å². The Hall–Kier alpha value is -2.47. The van der Waals surface area contributed by atoms with E-state index in [1.165, 1.54) is 12.8 Å².